The number of carbonyl (C=O) groups excluding carboxylic acids is 1. The van der Waals surface area contributed by atoms with Crippen molar-refractivity contribution in [1.82, 2.24) is 10.3 Å². The Morgan fingerprint density at radius 1 is 1.24 bits per heavy atom. The Bertz CT molecular complexity index is 834. The average molecular weight is 282 g/mol. The van der Waals surface area contributed by atoms with Crippen molar-refractivity contribution >= 4 is 16.7 Å². The highest BCUT2D eigenvalue weighted by atomic mass is 16.3. The van der Waals surface area contributed by atoms with Crippen molar-refractivity contribution in [2.75, 3.05) is 0 Å². The van der Waals surface area contributed by atoms with Crippen molar-refractivity contribution in [2.45, 2.75) is 13.0 Å². The SMILES string of the molecule is CC(NC(=O)c1cc2ccccc2c(=O)[nH]1)c1ccco1. The van der Waals surface area contributed by atoms with Crippen LogP contribution in [0.4, 0.5) is 0 Å². The molecule has 0 saturated carbocycles. The van der Waals surface area contributed by atoms with Crippen LogP contribution < -0.4 is 10.9 Å². The normalized spacial score (nSPS) is 12.2. The molecule has 0 radical (unpaired) electrons. The first-order valence-corrected chi connectivity index (χ1v) is 6.61. The third-order valence-corrected chi connectivity index (χ3v) is 3.32. The molecule has 0 saturated heterocycles. The Labute approximate surface area is 120 Å². The standard InChI is InChI=1S/C16H14N2O3/c1-10(14-7-4-8-21-14)17-16(20)13-9-11-5-2-3-6-12(11)15(19)18-13/h2-10H,1H3,(H,17,20)(H,18,19). The summed E-state index contributed by atoms with van der Waals surface area (Å²) in [7, 11) is 0. The van der Waals surface area contributed by atoms with E-state index in [-0.39, 0.29) is 23.2 Å². The second-order valence-electron chi connectivity index (χ2n) is 4.81. The van der Waals surface area contributed by atoms with Gasteiger partial charge in [-0.05, 0) is 36.6 Å². The molecule has 3 rings (SSSR count). The van der Waals surface area contributed by atoms with Gasteiger partial charge in [0, 0.05) is 5.39 Å². The van der Waals surface area contributed by atoms with Crippen LogP contribution in [0, 0.1) is 0 Å². The Morgan fingerprint density at radius 3 is 2.81 bits per heavy atom. The smallest absolute Gasteiger partial charge is 0.268 e. The third kappa shape index (κ3) is 2.58. The van der Waals surface area contributed by atoms with Crippen LogP contribution in [0.25, 0.3) is 10.8 Å². The molecule has 0 aliphatic heterocycles. The van der Waals surface area contributed by atoms with Gasteiger partial charge in [-0.3, -0.25) is 9.59 Å². The zero-order valence-electron chi connectivity index (χ0n) is 11.4. The van der Waals surface area contributed by atoms with Crippen molar-refractivity contribution in [3.05, 3.63) is 70.5 Å². The Morgan fingerprint density at radius 2 is 2.05 bits per heavy atom. The molecule has 1 aromatic carbocycles. The van der Waals surface area contributed by atoms with Crippen molar-refractivity contribution < 1.29 is 9.21 Å². The fraction of sp³-hybridized carbons (Fsp3) is 0.125. The van der Waals surface area contributed by atoms with Gasteiger partial charge in [0.15, 0.2) is 0 Å². The number of hydrogen-bond acceptors (Lipinski definition) is 3. The molecule has 1 amide bonds. The third-order valence-electron chi connectivity index (χ3n) is 3.32. The molecule has 1 atom stereocenters. The van der Waals surface area contributed by atoms with Crippen LogP contribution >= 0.6 is 0 Å². The number of benzene rings is 1. The minimum absolute atomic E-state index is 0.233. The summed E-state index contributed by atoms with van der Waals surface area (Å²) in [4.78, 5) is 26.8. The molecule has 2 N–H and O–H groups in total. The molecule has 3 aromatic rings. The van der Waals surface area contributed by atoms with Crippen LogP contribution in [0.1, 0.15) is 29.2 Å². The molecule has 0 fully saturated rings. The maximum Gasteiger partial charge on any atom is 0.268 e. The largest absolute Gasteiger partial charge is 0.467 e. The number of H-pyrrole nitrogens is 1. The Kier molecular flexibility index (Phi) is 3.31. The number of furan rings is 1. The molecular formula is C16H14N2O3. The number of aromatic amines is 1. The molecule has 5 nitrogen and oxygen atoms in total. The number of hydrogen-bond donors (Lipinski definition) is 2. The zero-order chi connectivity index (χ0) is 14.8. The summed E-state index contributed by atoms with van der Waals surface area (Å²) in [6.45, 7) is 1.82. The second kappa shape index (κ2) is 5.28. The van der Waals surface area contributed by atoms with Gasteiger partial charge in [-0.15, -0.1) is 0 Å². The van der Waals surface area contributed by atoms with E-state index in [4.69, 9.17) is 4.42 Å². The van der Waals surface area contributed by atoms with Gasteiger partial charge in [0.25, 0.3) is 11.5 Å². The lowest BCUT2D eigenvalue weighted by Crippen LogP contribution is -2.28. The predicted octanol–water partition coefficient (Wildman–Crippen LogP) is 2.61. The molecular weight excluding hydrogens is 268 g/mol. The molecule has 0 bridgehead atoms. The summed E-state index contributed by atoms with van der Waals surface area (Å²) in [5.41, 5.74) is -0.0407. The molecule has 5 heteroatoms. The predicted molar refractivity (Wildman–Crippen MR) is 79.2 cm³/mol. The summed E-state index contributed by atoms with van der Waals surface area (Å²) in [5.74, 6) is 0.313. The van der Waals surface area contributed by atoms with Crippen LogP contribution in [-0.2, 0) is 0 Å². The van der Waals surface area contributed by atoms with E-state index in [9.17, 15) is 9.59 Å². The monoisotopic (exact) mass is 282 g/mol. The Hall–Kier alpha value is -2.82. The minimum atomic E-state index is -0.346. The van der Waals surface area contributed by atoms with Gasteiger partial charge in [0.2, 0.25) is 0 Å². The number of nitrogens with one attached hydrogen (secondary N) is 2. The lowest BCUT2D eigenvalue weighted by atomic mass is 10.1. The van der Waals surface area contributed by atoms with Crippen molar-refractivity contribution in [2.24, 2.45) is 0 Å². The van der Waals surface area contributed by atoms with Crippen LogP contribution in [0.15, 0.2) is 57.9 Å². The van der Waals surface area contributed by atoms with Crippen molar-refractivity contribution in [3.8, 4) is 0 Å². The molecule has 0 aliphatic rings. The van der Waals surface area contributed by atoms with E-state index in [1.54, 1.807) is 42.7 Å². The van der Waals surface area contributed by atoms with Gasteiger partial charge in [0.05, 0.1) is 12.3 Å². The molecule has 21 heavy (non-hydrogen) atoms. The average Bonchev–Trinajstić information content (AvgIpc) is 3.01. The number of pyridine rings is 1. The topological polar surface area (TPSA) is 75.1 Å². The van der Waals surface area contributed by atoms with Crippen LogP contribution in [0.3, 0.4) is 0 Å². The molecule has 2 heterocycles. The minimum Gasteiger partial charge on any atom is -0.467 e. The van der Waals surface area contributed by atoms with Crippen LogP contribution in [-0.4, -0.2) is 10.9 Å². The highest BCUT2D eigenvalue weighted by Crippen LogP contribution is 2.14. The highest BCUT2D eigenvalue weighted by Gasteiger charge is 2.15. The maximum absolute atomic E-state index is 12.2. The summed E-state index contributed by atoms with van der Waals surface area (Å²) < 4.78 is 5.24. The summed E-state index contributed by atoms with van der Waals surface area (Å²) >= 11 is 0. The Balaban J connectivity index is 1.90. The molecule has 1 unspecified atom stereocenters. The van der Waals surface area contributed by atoms with Crippen LogP contribution in [0.5, 0.6) is 0 Å². The molecule has 0 spiro atoms. The first kappa shape index (κ1) is 13.2. The van der Waals surface area contributed by atoms with Gasteiger partial charge >= 0.3 is 0 Å². The van der Waals surface area contributed by atoms with Crippen LogP contribution in [0.2, 0.25) is 0 Å². The number of fused-ring (bicyclic) bond motifs is 1. The quantitative estimate of drug-likeness (QED) is 0.775. The van der Waals surface area contributed by atoms with Crippen molar-refractivity contribution in [1.29, 1.82) is 0 Å². The first-order chi connectivity index (χ1) is 10.1. The van der Waals surface area contributed by atoms with E-state index in [1.165, 1.54) is 0 Å². The summed E-state index contributed by atoms with van der Waals surface area (Å²) in [6.07, 6.45) is 1.55. The lowest BCUT2D eigenvalue weighted by molar-refractivity contribution is 0.0930. The zero-order valence-corrected chi connectivity index (χ0v) is 11.4. The van der Waals surface area contributed by atoms with E-state index in [0.717, 1.165) is 5.39 Å². The number of amides is 1. The molecule has 106 valence electrons. The van der Waals surface area contributed by atoms with Gasteiger partial charge in [0.1, 0.15) is 11.5 Å². The van der Waals surface area contributed by atoms with E-state index in [2.05, 4.69) is 10.3 Å². The lowest BCUT2D eigenvalue weighted by Gasteiger charge is -2.11. The van der Waals surface area contributed by atoms with E-state index in [0.29, 0.717) is 11.1 Å². The van der Waals surface area contributed by atoms with Gasteiger partial charge in [-0.2, -0.15) is 0 Å². The first-order valence-electron chi connectivity index (χ1n) is 6.61. The molecule has 2 aromatic heterocycles. The summed E-state index contributed by atoms with van der Waals surface area (Å²) in [6, 6.07) is 12.1. The fourth-order valence-electron chi connectivity index (χ4n) is 2.22. The highest BCUT2D eigenvalue weighted by molar-refractivity contribution is 5.96. The second-order valence-corrected chi connectivity index (χ2v) is 4.81. The van der Waals surface area contributed by atoms with E-state index < -0.39 is 0 Å². The number of rotatable bonds is 3. The summed E-state index contributed by atoms with van der Waals surface area (Å²) in [5, 5.41) is 4.08. The van der Waals surface area contributed by atoms with Gasteiger partial charge < -0.3 is 14.7 Å². The maximum atomic E-state index is 12.2. The van der Waals surface area contributed by atoms with E-state index in [1.807, 2.05) is 13.0 Å². The van der Waals surface area contributed by atoms with Gasteiger partial charge in [-0.25, -0.2) is 0 Å². The molecule has 0 aliphatic carbocycles. The van der Waals surface area contributed by atoms with Gasteiger partial charge in [-0.1, -0.05) is 18.2 Å². The van der Waals surface area contributed by atoms with Crippen molar-refractivity contribution in [3.63, 3.8) is 0 Å². The fourth-order valence-corrected chi connectivity index (χ4v) is 2.22. The number of aromatic nitrogens is 1. The number of carbonyl (C=O) groups is 1. The van der Waals surface area contributed by atoms with E-state index >= 15 is 0 Å².